The molecular weight excluding hydrogens is 534 g/mol. The van der Waals surface area contributed by atoms with Crippen LogP contribution in [-0.2, 0) is 14.3 Å². The van der Waals surface area contributed by atoms with Crippen LogP contribution in [0, 0.1) is 0 Å². The maximum absolute atomic E-state index is 13.2. The molecule has 3 aromatic rings. The van der Waals surface area contributed by atoms with Gasteiger partial charge in [-0.15, -0.1) is 0 Å². The number of amides is 3. The van der Waals surface area contributed by atoms with Crippen LogP contribution in [0.15, 0.2) is 83.5 Å². The lowest BCUT2D eigenvalue weighted by Gasteiger charge is -2.16. The highest BCUT2D eigenvalue weighted by Gasteiger charge is 2.39. The van der Waals surface area contributed by atoms with Crippen molar-refractivity contribution in [2.24, 2.45) is 0 Å². The molecule has 0 aromatic heterocycles. The van der Waals surface area contributed by atoms with Crippen LogP contribution in [0.5, 0.6) is 5.75 Å². The van der Waals surface area contributed by atoms with Gasteiger partial charge in [-0.25, -0.2) is 9.69 Å². The summed E-state index contributed by atoms with van der Waals surface area (Å²) in [6, 6.07) is 19.4. The first-order chi connectivity index (χ1) is 19.0. The zero-order chi connectivity index (χ0) is 29.0. The largest absolute Gasteiger partial charge is 0.491 e. The van der Waals surface area contributed by atoms with Gasteiger partial charge in [0.05, 0.1) is 23.5 Å². The van der Waals surface area contributed by atoms with Crippen molar-refractivity contribution < 1.29 is 28.7 Å². The number of anilines is 3. The molecule has 2 N–H and O–H groups in total. The van der Waals surface area contributed by atoms with E-state index in [1.807, 2.05) is 13.8 Å². The number of hydrogen-bond acceptors (Lipinski definition) is 7. The Hall–Kier alpha value is -4.63. The lowest BCUT2D eigenvalue weighted by molar-refractivity contribution is -0.120. The molecule has 0 saturated heterocycles. The van der Waals surface area contributed by atoms with E-state index in [2.05, 4.69) is 10.6 Å². The number of ether oxygens (including phenoxy) is 2. The van der Waals surface area contributed by atoms with E-state index < -0.39 is 17.8 Å². The van der Waals surface area contributed by atoms with Crippen molar-refractivity contribution in [2.45, 2.75) is 39.9 Å². The van der Waals surface area contributed by atoms with Crippen molar-refractivity contribution in [3.8, 4) is 5.75 Å². The minimum Gasteiger partial charge on any atom is -0.491 e. The first-order valence-corrected chi connectivity index (χ1v) is 13.0. The highest BCUT2D eigenvalue weighted by atomic mass is 35.5. The number of carbonyl (C=O) groups excluding carboxylic acids is 4. The second kappa shape index (κ2) is 12.0. The van der Waals surface area contributed by atoms with Crippen molar-refractivity contribution in [3.05, 3.63) is 94.7 Å². The van der Waals surface area contributed by atoms with E-state index in [9.17, 15) is 19.2 Å². The van der Waals surface area contributed by atoms with Gasteiger partial charge in [-0.2, -0.15) is 0 Å². The average molecular weight is 562 g/mol. The Morgan fingerprint density at radius 1 is 0.800 bits per heavy atom. The summed E-state index contributed by atoms with van der Waals surface area (Å²) in [6.07, 6.45) is -0.298. The van der Waals surface area contributed by atoms with Gasteiger partial charge >= 0.3 is 5.97 Å². The summed E-state index contributed by atoms with van der Waals surface area (Å²) >= 11 is 6.27. The summed E-state index contributed by atoms with van der Waals surface area (Å²) in [5, 5.41) is 5.36. The van der Waals surface area contributed by atoms with Crippen molar-refractivity contribution in [3.63, 3.8) is 0 Å². The molecule has 0 radical (unpaired) electrons. The maximum atomic E-state index is 13.2. The van der Waals surface area contributed by atoms with Gasteiger partial charge in [0, 0.05) is 16.9 Å². The van der Waals surface area contributed by atoms with Crippen molar-refractivity contribution in [2.75, 3.05) is 15.5 Å². The molecule has 1 aliphatic heterocycles. The Kier molecular flexibility index (Phi) is 8.55. The van der Waals surface area contributed by atoms with Crippen LogP contribution in [0.3, 0.4) is 0 Å². The monoisotopic (exact) mass is 561 g/mol. The molecule has 9 nitrogen and oxygen atoms in total. The number of benzene rings is 3. The fourth-order valence-electron chi connectivity index (χ4n) is 3.87. The summed E-state index contributed by atoms with van der Waals surface area (Å²) in [5.41, 5.74) is 1.47. The Balaban J connectivity index is 1.48. The molecule has 0 unspecified atom stereocenters. The number of esters is 1. The van der Waals surface area contributed by atoms with Gasteiger partial charge in [0.2, 0.25) is 0 Å². The van der Waals surface area contributed by atoms with Crippen LogP contribution in [0.1, 0.15) is 48.4 Å². The van der Waals surface area contributed by atoms with E-state index in [0.717, 1.165) is 4.90 Å². The predicted molar refractivity (Wildman–Crippen MR) is 153 cm³/mol. The highest BCUT2D eigenvalue weighted by molar-refractivity contribution is 6.53. The number of hydrogen-bond donors (Lipinski definition) is 2. The predicted octanol–water partition coefficient (Wildman–Crippen LogP) is 5.73. The van der Waals surface area contributed by atoms with Crippen molar-refractivity contribution in [1.82, 2.24) is 0 Å². The normalized spacial score (nSPS) is 13.2. The highest BCUT2D eigenvalue weighted by Crippen LogP contribution is 2.31. The molecule has 0 aliphatic carbocycles. The molecule has 0 saturated carbocycles. The third-order valence-electron chi connectivity index (χ3n) is 5.59. The Bertz CT molecular complexity index is 1500. The number of halogens is 1. The first-order valence-electron chi connectivity index (χ1n) is 12.6. The van der Waals surface area contributed by atoms with E-state index in [-0.39, 0.29) is 40.1 Å². The van der Waals surface area contributed by atoms with Crippen LogP contribution < -0.4 is 20.3 Å². The van der Waals surface area contributed by atoms with Crippen LogP contribution in [0.4, 0.5) is 17.1 Å². The summed E-state index contributed by atoms with van der Waals surface area (Å²) in [4.78, 5) is 52.2. The van der Waals surface area contributed by atoms with Gasteiger partial charge in [-0.05, 0) is 88.4 Å². The summed E-state index contributed by atoms with van der Waals surface area (Å²) in [5.74, 6) is -1.72. The Morgan fingerprint density at radius 3 is 2.15 bits per heavy atom. The molecule has 206 valence electrons. The van der Waals surface area contributed by atoms with Crippen LogP contribution in [-0.4, -0.2) is 35.9 Å². The van der Waals surface area contributed by atoms with E-state index in [0.29, 0.717) is 22.7 Å². The topological polar surface area (TPSA) is 114 Å². The molecule has 0 bridgehead atoms. The maximum Gasteiger partial charge on any atom is 0.338 e. The lowest BCUT2D eigenvalue weighted by atomic mass is 10.1. The molecular formula is C30H28ClN3O6. The Morgan fingerprint density at radius 2 is 1.48 bits per heavy atom. The third-order valence-corrected chi connectivity index (χ3v) is 5.94. The SMILES string of the molecule is CC(C)OC(=O)c1cccc(N2C(=O)C(Cl)=C(Nc3cccc(C(=O)Nc4ccc(OC(C)C)cc4)c3)C2=O)c1. The van der Waals surface area contributed by atoms with Crippen molar-refractivity contribution >= 4 is 52.4 Å². The summed E-state index contributed by atoms with van der Waals surface area (Å²) in [7, 11) is 0. The fourth-order valence-corrected chi connectivity index (χ4v) is 4.09. The van der Waals surface area contributed by atoms with Gasteiger partial charge in [-0.1, -0.05) is 23.7 Å². The second-order valence-electron chi connectivity index (χ2n) is 9.49. The number of nitrogens with one attached hydrogen (secondary N) is 2. The lowest BCUT2D eigenvalue weighted by Crippen LogP contribution is -2.32. The van der Waals surface area contributed by atoms with E-state index in [1.54, 1.807) is 62.4 Å². The molecule has 10 heteroatoms. The molecule has 0 atom stereocenters. The third kappa shape index (κ3) is 6.50. The van der Waals surface area contributed by atoms with Crippen LogP contribution in [0.25, 0.3) is 0 Å². The number of carbonyl (C=O) groups is 4. The first kappa shape index (κ1) is 28.4. The number of imide groups is 1. The van der Waals surface area contributed by atoms with Gasteiger partial charge < -0.3 is 20.1 Å². The minimum atomic E-state index is -0.748. The van der Waals surface area contributed by atoms with Gasteiger partial charge in [0.1, 0.15) is 16.5 Å². The van der Waals surface area contributed by atoms with Crippen LogP contribution >= 0.6 is 11.6 Å². The molecule has 3 aromatic carbocycles. The number of nitrogens with zero attached hydrogens (tertiary/aromatic N) is 1. The van der Waals surface area contributed by atoms with Gasteiger partial charge in [0.25, 0.3) is 17.7 Å². The van der Waals surface area contributed by atoms with Crippen molar-refractivity contribution in [1.29, 1.82) is 0 Å². The number of rotatable bonds is 9. The zero-order valence-corrected chi connectivity index (χ0v) is 23.1. The van der Waals surface area contributed by atoms with Crippen LogP contribution in [0.2, 0.25) is 0 Å². The molecule has 0 spiro atoms. The summed E-state index contributed by atoms with van der Waals surface area (Å²) < 4.78 is 10.8. The van der Waals surface area contributed by atoms with E-state index in [4.69, 9.17) is 21.1 Å². The van der Waals surface area contributed by atoms with E-state index >= 15 is 0 Å². The minimum absolute atomic E-state index is 0.0344. The molecule has 4 rings (SSSR count). The molecule has 3 amide bonds. The smallest absolute Gasteiger partial charge is 0.338 e. The molecule has 1 heterocycles. The zero-order valence-electron chi connectivity index (χ0n) is 22.4. The molecule has 1 aliphatic rings. The van der Waals surface area contributed by atoms with Gasteiger partial charge in [0.15, 0.2) is 0 Å². The van der Waals surface area contributed by atoms with E-state index in [1.165, 1.54) is 24.3 Å². The molecule has 40 heavy (non-hydrogen) atoms. The molecule has 0 fully saturated rings. The standard InChI is InChI=1S/C30H28ClN3O6/c1-17(2)39-24-13-11-21(12-14-24)33-27(35)19-7-5-9-22(15-19)32-26-25(31)28(36)34(29(26)37)23-10-6-8-20(16-23)30(38)40-18(3)4/h5-18,32H,1-4H3,(H,33,35). The summed E-state index contributed by atoms with van der Waals surface area (Å²) in [6.45, 7) is 7.29. The quantitative estimate of drug-likeness (QED) is 0.253. The average Bonchev–Trinajstić information content (AvgIpc) is 3.12. The fraction of sp³-hybridized carbons (Fsp3) is 0.200. The Labute approximate surface area is 236 Å². The second-order valence-corrected chi connectivity index (χ2v) is 9.87. The van der Waals surface area contributed by atoms with Gasteiger partial charge in [-0.3, -0.25) is 14.4 Å².